The van der Waals surface area contributed by atoms with Gasteiger partial charge in [-0.1, -0.05) is 363 Å². The maximum Gasteiger partial charge on any atom is 0.164 e. The van der Waals surface area contributed by atoms with E-state index in [2.05, 4.69) is 242 Å². The van der Waals surface area contributed by atoms with E-state index in [1.165, 1.54) is 66.8 Å². The molecular formula is C120H83N9O3. The van der Waals surface area contributed by atoms with Gasteiger partial charge in [-0.05, 0) is 162 Å². The van der Waals surface area contributed by atoms with E-state index in [9.17, 15) is 0 Å². The van der Waals surface area contributed by atoms with Gasteiger partial charge in [0.05, 0.1) is 0 Å². The molecule has 0 saturated carbocycles. The van der Waals surface area contributed by atoms with Crippen LogP contribution in [0.2, 0.25) is 0 Å². The summed E-state index contributed by atoms with van der Waals surface area (Å²) in [6.07, 6.45) is 0. The van der Waals surface area contributed by atoms with Crippen LogP contribution >= 0.6 is 0 Å². The lowest BCUT2D eigenvalue weighted by atomic mass is 9.82. The summed E-state index contributed by atoms with van der Waals surface area (Å²) in [6.45, 7) is 13.8. The number of rotatable bonds is 11. The minimum Gasteiger partial charge on any atom is -0.456 e. The van der Waals surface area contributed by atoms with E-state index in [1.54, 1.807) is 0 Å². The molecule has 0 spiro atoms. The molecule has 6 heterocycles. The number of hydrogen-bond acceptors (Lipinski definition) is 12. The van der Waals surface area contributed by atoms with Gasteiger partial charge in [0.1, 0.15) is 33.5 Å². The van der Waals surface area contributed by atoms with Crippen LogP contribution in [-0.4, -0.2) is 44.9 Å². The van der Waals surface area contributed by atoms with Gasteiger partial charge < -0.3 is 13.3 Å². The lowest BCUT2D eigenvalue weighted by molar-refractivity contribution is 0.647. The Balaban J connectivity index is 0.000000110. The smallest absolute Gasteiger partial charge is 0.164 e. The molecule has 12 nitrogen and oxygen atoms in total. The number of hydrogen-bond donors (Lipinski definition) is 0. The third-order valence-corrected chi connectivity index (χ3v) is 26.8. The number of aromatic nitrogens is 9. The monoisotopic (exact) mass is 1700 g/mol. The van der Waals surface area contributed by atoms with Gasteiger partial charge in [-0.3, -0.25) is 0 Å². The molecule has 0 fully saturated rings. The van der Waals surface area contributed by atoms with Crippen molar-refractivity contribution in [1.82, 2.24) is 44.9 Å². The first kappa shape index (κ1) is 78.6. The van der Waals surface area contributed by atoms with Gasteiger partial charge in [-0.15, -0.1) is 0 Å². The summed E-state index contributed by atoms with van der Waals surface area (Å²) in [5, 5.41) is 6.64. The summed E-state index contributed by atoms with van der Waals surface area (Å²) in [4.78, 5) is 44.2. The van der Waals surface area contributed by atoms with Crippen LogP contribution in [0.3, 0.4) is 0 Å². The van der Waals surface area contributed by atoms with Crippen molar-refractivity contribution in [3.8, 4) is 158 Å². The van der Waals surface area contributed by atoms with Crippen LogP contribution < -0.4 is 0 Å². The molecule has 23 aromatic rings. The Morgan fingerprint density at radius 2 is 0.402 bits per heavy atom. The van der Waals surface area contributed by atoms with Gasteiger partial charge >= 0.3 is 0 Å². The first-order valence-electron chi connectivity index (χ1n) is 44.8. The molecule has 26 rings (SSSR count). The summed E-state index contributed by atoms with van der Waals surface area (Å²) in [5.74, 6) is 5.80. The molecule has 0 amide bonds. The summed E-state index contributed by atoms with van der Waals surface area (Å²) < 4.78 is 19.5. The highest BCUT2D eigenvalue weighted by atomic mass is 16.3. The predicted molar refractivity (Wildman–Crippen MR) is 534 cm³/mol. The first-order valence-corrected chi connectivity index (χ1v) is 44.8. The molecule has 0 N–H and O–H groups in total. The molecule has 0 saturated heterocycles. The Kier molecular flexibility index (Phi) is 18.6. The van der Waals surface area contributed by atoms with Crippen molar-refractivity contribution < 1.29 is 13.3 Å². The van der Waals surface area contributed by atoms with Crippen LogP contribution in [0.1, 0.15) is 74.9 Å². The van der Waals surface area contributed by atoms with Crippen molar-refractivity contribution in [3.05, 3.63) is 428 Å². The van der Waals surface area contributed by atoms with Crippen molar-refractivity contribution >= 4 is 65.8 Å². The van der Waals surface area contributed by atoms with Gasteiger partial charge in [-0.2, -0.15) is 0 Å². The second kappa shape index (κ2) is 31.3. The Labute approximate surface area is 762 Å². The third kappa shape index (κ3) is 13.5. The highest BCUT2D eigenvalue weighted by Gasteiger charge is 2.40. The van der Waals surface area contributed by atoms with Gasteiger partial charge in [0.25, 0.3) is 0 Å². The van der Waals surface area contributed by atoms with E-state index in [1.807, 2.05) is 194 Å². The number of furan rings is 3. The zero-order chi connectivity index (χ0) is 88.5. The summed E-state index contributed by atoms with van der Waals surface area (Å²) >= 11 is 0. The van der Waals surface area contributed by atoms with Crippen LogP contribution in [0, 0.1) is 0 Å². The van der Waals surface area contributed by atoms with Crippen molar-refractivity contribution in [1.29, 1.82) is 0 Å². The highest BCUT2D eigenvalue weighted by Crippen LogP contribution is 2.55. The standard InChI is InChI=1S/2C42H29N3O.C36H25N3O/c1-42(2)35-19-10-9-18-31(35)33-24-34-32-21-20-29(23-37(32)46-38(34)25-36(33)42)28-16-11-17-30(22-28)41-44-39(26-12-5-3-6-13-26)43-40(45-41)27-14-7-4-8-15-27;1-42(2)35-16-10-9-15-31(35)33-24-34-32-22-21-30(23-37(32)46-38(34)25-36(33)42)26-17-19-29(20-18-26)41-44-39(27-11-5-3-6-12-27)43-40(45-41)28-13-7-4-8-14-28;1-36(2)28-18-10-9-16-24(28)26-20-27-31(21-29(26)36)40-30-19-11-17-25(32(27)30)35-38-33(22-12-5-3-6-13-22)37-34(39-35)23-14-7-4-8-15-23/h2*3-25H,1-2H3;3-21H,1-2H3. The van der Waals surface area contributed by atoms with Crippen LogP contribution in [-0.2, 0) is 16.2 Å². The number of fused-ring (bicyclic) bond motifs is 18. The largest absolute Gasteiger partial charge is 0.456 e. The van der Waals surface area contributed by atoms with E-state index >= 15 is 0 Å². The molecule has 626 valence electrons. The average molecular weight is 1700 g/mol. The Morgan fingerprint density at radius 3 is 0.780 bits per heavy atom. The number of nitrogens with zero attached hydrogens (tertiary/aromatic N) is 9. The molecule has 12 heteroatoms. The predicted octanol–water partition coefficient (Wildman–Crippen LogP) is 30.6. The Morgan fingerprint density at radius 1 is 0.152 bits per heavy atom. The van der Waals surface area contributed by atoms with Crippen LogP contribution in [0.25, 0.3) is 224 Å². The van der Waals surface area contributed by atoms with Gasteiger partial charge in [0, 0.05) is 98.6 Å². The van der Waals surface area contributed by atoms with Crippen molar-refractivity contribution in [3.63, 3.8) is 0 Å². The van der Waals surface area contributed by atoms with Gasteiger partial charge in [-0.25, -0.2) is 44.9 Å². The Bertz CT molecular complexity index is 8350. The molecule has 0 radical (unpaired) electrons. The maximum absolute atomic E-state index is 6.54. The van der Waals surface area contributed by atoms with Crippen molar-refractivity contribution in [2.45, 2.75) is 57.8 Å². The average Bonchev–Trinajstić information content (AvgIpc) is 1.56. The fourth-order valence-electron chi connectivity index (χ4n) is 20.0. The molecule has 0 unspecified atom stereocenters. The van der Waals surface area contributed by atoms with Crippen LogP contribution in [0.4, 0.5) is 0 Å². The highest BCUT2D eigenvalue weighted by molar-refractivity contribution is 6.14. The summed E-state index contributed by atoms with van der Waals surface area (Å²) in [7, 11) is 0. The van der Waals surface area contributed by atoms with E-state index in [0.717, 1.165) is 138 Å². The molecular weight excluding hydrogens is 1620 g/mol. The summed E-state index contributed by atoms with van der Waals surface area (Å²) in [6, 6.07) is 136. The van der Waals surface area contributed by atoms with E-state index in [-0.39, 0.29) is 16.2 Å². The fraction of sp³-hybridized carbons (Fsp3) is 0.0750. The van der Waals surface area contributed by atoms with E-state index in [4.69, 9.17) is 58.1 Å². The first-order chi connectivity index (χ1) is 64.6. The lowest BCUT2D eigenvalue weighted by Gasteiger charge is -2.21. The summed E-state index contributed by atoms with van der Waals surface area (Å²) in [5.41, 5.74) is 33.8. The van der Waals surface area contributed by atoms with Crippen molar-refractivity contribution in [2.75, 3.05) is 0 Å². The quantitative estimate of drug-likeness (QED) is 0.121. The molecule has 3 aliphatic rings. The molecule has 3 aliphatic carbocycles. The molecule has 132 heavy (non-hydrogen) atoms. The molecule has 0 atom stereocenters. The normalized spacial score (nSPS) is 13.3. The van der Waals surface area contributed by atoms with Crippen LogP contribution in [0.15, 0.2) is 408 Å². The maximum atomic E-state index is 6.54. The van der Waals surface area contributed by atoms with Crippen molar-refractivity contribution in [2.24, 2.45) is 0 Å². The fourth-order valence-corrected chi connectivity index (χ4v) is 20.0. The Hall–Kier alpha value is -16.8. The third-order valence-electron chi connectivity index (χ3n) is 26.8. The second-order valence-corrected chi connectivity index (χ2v) is 35.9. The lowest BCUT2D eigenvalue weighted by Crippen LogP contribution is -2.14. The SMILES string of the molecule is CC1(C)c2ccccc2-c2cc3c(cc21)oc1cc(-c2ccc(-c4nc(-c5ccccc5)nc(-c5ccccc5)n4)cc2)ccc13.CC1(C)c2ccccc2-c2cc3c(cc21)oc1cc(-c2cccc(-c4nc(-c5ccccc5)nc(-c5ccccc5)n4)c2)ccc13.CC1(C)c2ccccc2-c2cc3c(cc21)oc1cccc(-c2nc(-c4ccccc4)nc(-c4ccccc4)n2)c13. The molecule has 0 bridgehead atoms. The zero-order valence-electron chi connectivity index (χ0n) is 73.3. The van der Waals surface area contributed by atoms with E-state index < -0.39 is 0 Å². The van der Waals surface area contributed by atoms with Crippen LogP contribution in [0.5, 0.6) is 0 Å². The van der Waals surface area contributed by atoms with Gasteiger partial charge in [0.15, 0.2) is 52.4 Å². The number of benzene rings is 17. The minimum absolute atomic E-state index is 0.0613. The topological polar surface area (TPSA) is 155 Å². The molecule has 0 aliphatic heterocycles. The minimum atomic E-state index is -0.0920. The zero-order valence-corrected chi connectivity index (χ0v) is 73.3. The second-order valence-electron chi connectivity index (χ2n) is 35.9. The molecule has 6 aromatic heterocycles. The molecule has 17 aromatic carbocycles. The van der Waals surface area contributed by atoms with E-state index in [0.29, 0.717) is 52.4 Å². The van der Waals surface area contributed by atoms with Gasteiger partial charge in [0.2, 0.25) is 0 Å².